The molecule has 0 aliphatic heterocycles. The van der Waals surface area contributed by atoms with Crippen molar-refractivity contribution in [1.29, 1.82) is 0 Å². The van der Waals surface area contributed by atoms with Crippen molar-refractivity contribution in [1.82, 2.24) is 4.72 Å². The minimum Gasteiger partial charge on any atom is -0.385 e. The van der Waals surface area contributed by atoms with Crippen molar-refractivity contribution in [2.45, 2.75) is 17.1 Å². The molecule has 0 saturated carbocycles. The minimum atomic E-state index is -5.43. The van der Waals surface area contributed by atoms with Crippen molar-refractivity contribution in [3.8, 4) is 0 Å². The Kier molecular flexibility index (Phi) is 5.80. The number of nitrogens with one attached hydrogen (secondary N) is 1. The standard InChI is InChI=1S/C11H10F4N2O5S/c12-6-1-3-7(4-2-6)23(20,21)17-8(5-16)9(18)22-10(19)11(13,14)15/h1-4,8,17H,5,16H2/t8-/m0/s1. The van der Waals surface area contributed by atoms with Gasteiger partial charge in [0, 0.05) is 6.54 Å². The Hall–Kier alpha value is -2.05. The zero-order valence-electron chi connectivity index (χ0n) is 11.1. The fourth-order valence-electron chi connectivity index (χ4n) is 1.28. The fourth-order valence-corrected chi connectivity index (χ4v) is 2.48. The normalized spacial score (nSPS) is 13.4. The summed E-state index contributed by atoms with van der Waals surface area (Å²) in [6, 6.07) is 1.42. The molecule has 0 aromatic heterocycles. The summed E-state index contributed by atoms with van der Waals surface area (Å²) < 4.78 is 77.6. The molecule has 0 radical (unpaired) electrons. The molecule has 1 aromatic carbocycles. The van der Waals surface area contributed by atoms with Gasteiger partial charge in [-0.25, -0.2) is 22.4 Å². The van der Waals surface area contributed by atoms with Crippen LogP contribution >= 0.6 is 0 Å². The van der Waals surface area contributed by atoms with Crippen LogP contribution in [0, 0.1) is 5.82 Å². The summed E-state index contributed by atoms with van der Waals surface area (Å²) in [5.41, 5.74) is 5.09. The molecule has 0 bridgehead atoms. The largest absolute Gasteiger partial charge is 0.491 e. The smallest absolute Gasteiger partial charge is 0.385 e. The first-order valence-electron chi connectivity index (χ1n) is 5.78. The molecule has 7 nitrogen and oxygen atoms in total. The molecule has 1 aromatic rings. The summed E-state index contributed by atoms with van der Waals surface area (Å²) in [4.78, 5) is 21.5. The van der Waals surface area contributed by atoms with Gasteiger partial charge in [-0.3, -0.25) is 0 Å². The lowest BCUT2D eigenvalue weighted by Gasteiger charge is -2.15. The van der Waals surface area contributed by atoms with Crippen LogP contribution in [0.4, 0.5) is 17.6 Å². The van der Waals surface area contributed by atoms with Gasteiger partial charge in [-0.2, -0.15) is 17.9 Å². The molecule has 128 valence electrons. The van der Waals surface area contributed by atoms with Gasteiger partial charge in [0.05, 0.1) is 4.90 Å². The number of carbonyl (C=O) groups excluding carboxylic acids is 2. The Morgan fingerprint density at radius 2 is 1.74 bits per heavy atom. The van der Waals surface area contributed by atoms with Crippen LogP contribution in [0.25, 0.3) is 0 Å². The Morgan fingerprint density at radius 3 is 2.17 bits per heavy atom. The van der Waals surface area contributed by atoms with E-state index < -0.39 is 51.4 Å². The summed E-state index contributed by atoms with van der Waals surface area (Å²) >= 11 is 0. The summed E-state index contributed by atoms with van der Waals surface area (Å²) in [7, 11) is -4.39. The Labute approximate surface area is 127 Å². The zero-order valence-corrected chi connectivity index (χ0v) is 11.9. The second-order valence-corrected chi connectivity index (χ2v) is 5.78. The van der Waals surface area contributed by atoms with Crippen LogP contribution in [-0.4, -0.2) is 39.1 Å². The lowest BCUT2D eigenvalue weighted by molar-refractivity contribution is -0.202. The van der Waals surface area contributed by atoms with E-state index in [1.807, 2.05) is 0 Å². The van der Waals surface area contributed by atoms with Gasteiger partial charge in [-0.1, -0.05) is 0 Å². The van der Waals surface area contributed by atoms with Gasteiger partial charge in [-0.05, 0) is 24.3 Å². The third-order valence-electron chi connectivity index (χ3n) is 2.37. The maximum absolute atomic E-state index is 12.7. The maximum atomic E-state index is 12.7. The van der Waals surface area contributed by atoms with Crippen molar-refractivity contribution < 1.29 is 40.3 Å². The monoisotopic (exact) mass is 358 g/mol. The third kappa shape index (κ3) is 5.26. The van der Waals surface area contributed by atoms with E-state index in [0.29, 0.717) is 0 Å². The highest BCUT2D eigenvalue weighted by Gasteiger charge is 2.43. The number of hydrogen-bond donors (Lipinski definition) is 2. The van der Waals surface area contributed by atoms with Crippen LogP contribution in [0.15, 0.2) is 29.2 Å². The number of esters is 2. The first-order valence-corrected chi connectivity index (χ1v) is 7.26. The number of sulfonamides is 1. The number of nitrogens with two attached hydrogens (primary N) is 1. The van der Waals surface area contributed by atoms with Crippen LogP contribution in [0.5, 0.6) is 0 Å². The average molecular weight is 358 g/mol. The van der Waals surface area contributed by atoms with Crippen molar-refractivity contribution in [3.05, 3.63) is 30.1 Å². The van der Waals surface area contributed by atoms with Gasteiger partial charge in [0.1, 0.15) is 11.9 Å². The highest BCUT2D eigenvalue weighted by Crippen LogP contribution is 2.17. The van der Waals surface area contributed by atoms with Crippen LogP contribution < -0.4 is 10.5 Å². The summed E-state index contributed by atoms with van der Waals surface area (Å²) in [6.07, 6.45) is -5.43. The first-order chi connectivity index (χ1) is 10.5. The van der Waals surface area contributed by atoms with E-state index in [4.69, 9.17) is 5.73 Å². The van der Waals surface area contributed by atoms with Crippen LogP contribution in [0.1, 0.15) is 0 Å². The maximum Gasteiger partial charge on any atom is 0.491 e. The molecular weight excluding hydrogens is 348 g/mol. The van der Waals surface area contributed by atoms with E-state index in [2.05, 4.69) is 4.74 Å². The highest BCUT2D eigenvalue weighted by atomic mass is 32.2. The molecule has 1 rings (SSSR count). The SMILES string of the molecule is NC[C@H](NS(=O)(=O)c1ccc(F)cc1)C(=O)OC(=O)C(F)(F)F. The van der Waals surface area contributed by atoms with Gasteiger partial charge in [0.2, 0.25) is 10.0 Å². The molecular formula is C11H10F4N2O5S. The topological polar surface area (TPSA) is 116 Å². The summed E-state index contributed by atoms with van der Waals surface area (Å²) in [5, 5.41) is 0. The number of halogens is 4. The summed E-state index contributed by atoms with van der Waals surface area (Å²) in [6.45, 7) is -0.773. The number of rotatable bonds is 5. The van der Waals surface area contributed by atoms with Crippen LogP contribution in [0.3, 0.4) is 0 Å². The molecule has 0 aliphatic carbocycles. The molecule has 0 amide bonds. The second kappa shape index (κ2) is 7.02. The third-order valence-corrected chi connectivity index (χ3v) is 3.85. The van der Waals surface area contributed by atoms with Crippen molar-refractivity contribution in [2.24, 2.45) is 5.73 Å². The van der Waals surface area contributed by atoms with Crippen molar-refractivity contribution in [2.75, 3.05) is 6.54 Å². The highest BCUT2D eigenvalue weighted by molar-refractivity contribution is 7.89. The van der Waals surface area contributed by atoms with Crippen molar-refractivity contribution in [3.63, 3.8) is 0 Å². The van der Waals surface area contributed by atoms with Crippen LogP contribution in [0.2, 0.25) is 0 Å². The zero-order chi connectivity index (χ0) is 17.8. The fraction of sp³-hybridized carbons (Fsp3) is 0.273. The molecule has 0 aliphatic rings. The van der Waals surface area contributed by atoms with E-state index in [-0.39, 0.29) is 0 Å². The number of ether oxygens (including phenoxy) is 1. The first kappa shape index (κ1) is 19.0. The molecule has 23 heavy (non-hydrogen) atoms. The molecule has 0 spiro atoms. The van der Waals surface area contributed by atoms with Crippen molar-refractivity contribution >= 4 is 22.0 Å². The lowest BCUT2D eigenvalue weighted by Crippen LogP contribution is -2.48. The molecule has 3 N–H and O–H groups in total. The molecule has 0 fully saturated rings. The van der Waals surface area contributed by atoms with E-state index >= 15 is 0 Å². The van der Waals surface area contributed by atoms with Crippen LogP contribution in [-0.2, 0) is 24.3 Å². The van der Waals surface area contributed by atoms with E-state index in [1.54, 1.807) is 4.72 Å². The molecule has 0 saturated heterocycles. The van der Waals surface area contributed by atoms with Gasteiger partial charge in [-0.15, -0.1) is 0 Å². The number of alkyl halides is 3. The number of benzene rings is 1. The predicted molar refractivity (Wildman–Crippen MR) is 66.7 cm³/mol. The summed E-state index contributed by atoms with van der Waals surface area (Å²) in [5.74, 6) is -5.35. The van der Waals surface area contributed by atoms with Gasteiger partial charge in [0.25, 0.3) is 0 Å². The predicted octanol–water partition coefficient (Wildman–Crippen LogP) is 0.0634. The number of carbonyl (C=O) groups is 2. The Bertz CT molecular complexity index is 687. The molecule has 12 heteroatoms. The van der Waals surface area contributed by atoms with Gasteiger partial charge in [0.15, 0.2) is 0 Å². The molecule has 0 unspecified atom stereocenters. The van der Waals surface area contributed by atoms with E-state index in [9.17, 15) is 35.6 Å². The Morgan fingerprint density at radius 1 is 1.22 bits per heavy atom. The minimum absolute atomic E-state index is 0.465. The van der Waals surface area contributed by atoms with E-state index in [1.165, 1.54) is 0 Å². The average Bonchev–Trinajstić information content (AvgIpc) is 2.44. The molecule has 1 atom stereocenters. The number of hydrogen-bond acceptors (Lipinski definition) is 6. The van der Waals surface area contributed by atoms with Gasteiger partial charge >= 0.3 is 18.1 Å². The molecule has 0 heterocycles. The lowest BCUT2D eigenvalue weighted by atomic mass is 10.3. The van der Waals surface area contributed by atoms with Gasteiger partial charge < -0.3 is 10.5 Å². The van der Waals surface area contributed by atoms with E-state index in [0.717, 1.165) is 24.3 Å². The Balaban J connectivity index is 2.88. The second-order valence-electron chi connectivity index (χ2n) is 4.07. The quantitative estimate of drug-likeness (QED) is 0.437.